The molecule has 0 amide bonds. The van der Waals surface area contributed by atoms with Crippen molar-refractivity contribution in [3.8, 4) is 5.75 Å². The summed E-state index contributed by atoms with van der Waals surface area (Å²) >= 11 is 0. The Hall–Kier alpha value is -1.84. The molecule has 0 saturated carbocycles. The Bertz CT molecular complexity index is 428. The number of para-hydroxylation sites is 1. The molecule has 1 aliphatic rings. The van der Waals surface area contributed by atoms with Gasteiger partial charge in [-0.1, -0.05) is 18.2 Å². The van der Waals surface area contributed by atoms with Crippen molar-refractivity contribution in [3.63, 3.8) is 0 Å². The van der Waals surface area contributed by atoms with E-state index in [2.05, 4.69) is 0 Å². The third-order valence-corrected chi connectivity index (χ3v) is 2.83. The van der Waals surface area contributed by atoms with Gasteiger partial charge in [-0.2, -0.15) is 0 Å². The summed E-state index contributed by atoms with van der Waals surface area (Å²) in [6.07, 6.45) is 1.04. The number of fused-ring (bicyclic) bond motifs is 1. The van der Waals surface area contributed by atoms with E-state index in [-0.39, 0.29) is 37.3 Å². The highest BCUT2D eigenvalue weighted by Gasteiger charge is 2.23. The van der Waals surface area contributed by atoms with Crippen LogP contribution in [0, 0.1) is 0 Å². The van der Waals surface area contributed by atoms with Crippen LogP contribution in [-0.4, -0.2) is 24.5 Å². The number of ether oxygens (including phenoxy) is 2. The molecule has 18 heavy (non-hydrogen) atoms. The number of esters is 1. The molecule has 0 bridgehead atoms. The number of ketones is 1. The van der Waals surface area contributed by atoms with E-state index in [0.29, 0.717) is 0 Å². The van der Waals surface area contributed by atoms with Crippen LogP contribution in [0.5, 0.6) is 5.75 Å². The van der Waals surface area contributed by atoms with Crippen LogP contribution < -0.4 is 4.74 Å². The summed E-state index contributed by atoms with van der Waals surface area (Å²) in [6.45, 7) is 1.70. The maximum absolute atomic E-state index is 11.3. The molecule has 1 heterocycles. The lowest BCUT2D eigenvalue weighted by molar-refractivity contribution is -0.146. The van der Waals surface area contributed by atoms with Crippen molar-refractivity contribution in [2.24, 2.45) is 0 Å². The Morgan fingerprint density at radius 2 is 2.11 bits per heavy atom. The monoisotopic (exact) mass is 248 g/mol. The summed E-state index contributed by atoms with van der Waals surface area (Å²) in [5, 5.41) is 0. The zero-order valence-electron chi connectivity index (χ0n) is 10.3. The fraction of sp³-hybridized carbons (Fsp3) is 0.429. The Labute approximate surface area is 106 Å². The second-order valence-electron chi connectivity index (χ2n) is 4.44. The van der Waals surface area contributed by atoms with E-state index in [4.69, 9.17) is 9.47 Å². The van der Waals surface area contributed by atoms with Crippen molar-refractivity contribution in [3.05, 3.63) is 29.8 Å². The fourth-order valence-electron chi connectivity index (χ4n) is 1.88. The number of hydrogen-bond acceptors (Lipinski definition) is 4. The highest BCUT2D eigenvalue weighted by atomic mass is 16.6. The fourth-order valence-corrected chi connectivity index (χ4v) is 1.88. The molecule has 0 aliphatic carbocycles. The second-order valence-corrected chi connectivity index (χ2v) is 4.44. The summed E-state index contributed by atoms with van der Waals surface area (Å²) < 4.78 is 10.7. The van der Waals surface area contributed by atoms with E-state index in [1.807, 2.05) is 24.3 Å². The molecular formula is C14H16O4. The molecule has 1 aromatic rings. The van der Waals surface area contributed by atoms with Crippen LogP contribution in [0.25, 0.3) is 0 Å². The van der Waals surface area contributed by atoms with E-state index in [0.717, 1.165) is 17.7 Å². The molecule has 0 radical (unpaired) electrons. The van der Waals surface area contributed by atoms with Gasteiger partial charge in [-0.3, -0.25) is 4.79 Å². The zero-order valence-corrected chi connectivity index (χ0v) is 10.3. The van der Waals surface area contributed by atoms with Gasteiger partial charge in [0.05, 0.1) is 6.42 Å². The predicted octanol–water partition coefficient (Wildman–Crippen LogP) is 1.90. The Morgan fingerprint density at radius 3 is 2.83 bits per heavy atom. The molecule has 2 rings (SSSR count). The van der Waals surface area contributed by atoms with Crippen LogP contribution in [0.1, 0.15) is 25.3 Å². The van der Waals surface area contributed by atoms with Gasteiger partial charge in [0.2, 0.25) is 0 Å². The Kier molecular flexibility index (Phi) is 3.97. The molecule has 1 aromatic carbocycles. The molecule has 96 valence electrons. The summed E-state index contributed by atoms with van der Waals surface area (Å²) in [5.74, 6) is 0.517. The minimum atomic E-state index is -0.343. The summed E-state index contributed by atoms with van der Waals surface area (Å²) in [6, 6.07) is 7.79. The summed E-state index contributed by atoms with van der Waals surface area (Å²) in [4.78, 5) is 22.1. The smallest absolute Gasteiger partial charge is 0.306 e. The van der Waals surface area contributed by atoms with Gasteiger partial charge in [-0.05, 0) is 18.6 Å². The first-order chi connectivity index (χ1) is 8.65. The molecule has 1 atom stereocenters. The first-order valence-electron chi connectivity index (χ1n) is 6.05. The van der Waals surface area contributed by atoms with Gasteiger partial charge >= 0.3 is 5.97 Å². The van der Waals surface area contributed by atoms with Crippen LogP contribution in [0.15, 0.2) is 24.3 Å². The van der Waals surface area contributed by atoms with Crippen LogP contribution in [0.4, 0.5) is 0 Å². The first kappa shape index (κ1) is 12.6. The van der Waals surface area contributed by atoms with Crippen molar-refractivity contribution < 1.29 is 19.1 Å². The second kappa shape index (κ2) is 5.67. The van der Waals surface area contributed by atoms with Crippen molar-refractivity contribution in [2.75, 3.05) is 6.61 Å². The largest absolute Gasteiger partial charge is 0.486 e. The van der Waals surface area contributed by atoms with Crippen molar-refractivity contribution in [1.82, 2.24) is 0 Å². The Balaban J connectivity index is 1.73. The highest BCUT2D eigenvalue weighted by Crippen LogP contribution is 2.28. The van der Waals surface area contributed by atoms with Gasteiger partial charge in [-0.25, -0.2) is 0 Å². The SMILES string of the molecule is CC(=O)CCC(=O)OC[C@H]1Cc2ccccc2O1. The summed E-state index contributed by atoms with van der Waals surface area (Å²) in [5.41, 5.74) is 1.14. The lowest BCUT2D eigenvalue weighted by atomic mass is 10.1. The molecule has 0 spiro atoms. The topological polar surface area (TPSA) is 52.6 Å². The molecule has 0 N–H and O–H groups in total. The normalized spacial score (nSPS) is 16.8. The molecule has 0 unspecified atom stereocenters. The third-order valence-electron chi connectivity index (χ3n) is 2.83. The minimum absolute atomic E-state index is 0.00327. The molecule has 4 nitrogen and oxygen atoms in total. The van der Waals surface area contributed by atoms with Crippen LogP contribution in [0.3, 0.4) is 0 Å². The van der Waals surface area contributed by atoms with E-state index in [1.165, 1.54) is 6.92 Å². The van der Waals surface area contributed by atoms with Crippen molar-refractivity contribution in [2.45, 2.75) is 32.3 Å². The van der Waals surface area contributed by atoms with Crippen LogP contribution in [0.2, 0.25) is 0 Å². The van der Waals surface area contributed by atoms with Crippen molar-refractivity contribution in [1.29, 1.82) is 0 Å². The van der Waals surface area contributed by atoms with E-state index < -0.39 is 0 Å². The van der Waals surface area contributed by atoms with Crippen molar-refractivity contribution >= 4 is 11.8 Å². The molecule has 0 fully saturated rings. The average Bonchev–Trinajstić information content (AvgIpc) is 2.76. The Morgan fingerprint density at radius 1 is 1.33 bits per heavy atom. The minimum Gasteiger partial charge on any atom is -0.486 e. The number of hydrogen-bond donors (Lipinski definition) is 0. The van der Waals surface area contributed by atoms with E-state index in [9.17, 15) is 9.59 Å². The molecule has 4 heteroatoms. The third kappa shape index (κ3) is 3.32. The zero-order chi connectivity index (χ0) is 13.0. The maximum Gasteiger partial charge on any atom is 0.306 e. The predicted molar refractivity (Wildman–Crippen MR) is 65.4 cm³/mol. The van der Waals surface area contributed by atoms with E-state index in [1.54, 1.807) is 0 Å². The van der Waals surface area contributed by atoms with Gasteiger partial charge in [0, 0.05) is 12.8 Å². The van der Waals surface area contributed by atoms with Gasteiger partial charge in [0.25, 0.3) is 0 Å². The van der Waals surface area contributed by atoms with Gasteiger partial charge in [-0.15, -0.1) is 0 Å². The lowest BCUT2D eigenvalue weighted by Crippen LogP contribution is -2.23. The summed E-state index contributed by atoms with van der Waals surface area (Å²) in [7, 11) is 0. The number of rotatable bonds is 5. The standard InChI is InChI=1S/C14H16O4/c1-10(15)6-7-14(16)17-9-12-8-11-4-2-3-5-13(11)18-12/h2-5,12H,6-9H2,1H3/t12-/m1/s1. The quantitative estimate of drug-likeness (QED) is 0.747. The van der Waals surface area contributed by atoms with Gasteiger partial charge < -0.3 is 14.3 Å². The maximum atomic E-state index is 11.3. The number of Topliss-reactive ketones (excluding diaryl/α,β-unsaturated/α-hetero) is 1. The number of carbonyl (C=O) groups excluding carboxylic acids is 2. The number of carbonyl (C=O) groups is 2. The number of benzene rings is 1. The molecular weight excluding hydrogens is 232 g/mol. The van der Waals surface area contributed by atoms with Gasteiger partial charge in [0.15, 0.2) is 0 Å². The molecule has 0 saturated heterocycles. The van der Waals surface area contributed by atoms with Crippen LogP contribution in [-0.2, 0) is 20.7 Å². The van der Waals surface area contributed by atoms with Crippen LogP contribution >= 0.6 is 0 Å². The molecule has 1 aliphatic heterocycles. The molecule has 0 aromatic heterocycles. The lowest BCUT2D eigenvalue weighted by Gasteiger charge is -2.10. The average molecular weight is 248 g/mol. The first-order valence-corrected chi connectivity index (χ1v) is 6.05. The van der Waals surface area contributed by atoms with E-state index >= 15 is 0 Å². The van der Waals surface area contributed by atoms with Gasteiger partial charge in [0.1, 0.15) is 24.2 Å². The highest BCUT2D eigenvalue weighted by molar-refractivity contribution is 5.80.